The minimum absolute atomic E-state index is 0. The van der Waals surface area contributed by atoms with Gasteiger partial charge in [-0.1, -0.05) is 13.0 Å². The van der Waals surface area contributed by atoms with Crippen LogP contribution in [0.1, 0.15) is 33.1 Å². The van der Waals surface area contributed by atoms with Crippen LogP contribution in [0.3, 0.4) is 0 Å². The van der Waals surface area contributed by atoms with Gasteiger partial charge in [-0.15, -0.1) is 0 Å². The van der Waals surface area contributed by atoms with Gasteiger partial charge in [0.05, 0.1) is 5.56 Å². The van der Waals surface area contributed by atoms with Crippen LogP contribution in [-0.2, 0) is 22.4 Å². The minimum atomic E-state index is -0.484. The summed E-state index contributed by atoms with van der Waals surface area (Å²) < 4.78 is 5.32. The zero-order valence-corrected chi connectivity index (χ0v) is 14.7. The van der Waals surface area contributed by atoms with E-state index in [9.17, 15) is 9.59 Å². The summed E-state index contributed by atoms with van der Waals surface area (Å²) in [5, 5.41) is 0. The van der Waals surface area contributed by atoms with Crippen LogP contribution in [0, 0.1) is 20.8 Å². The summed E-state index contributed by atoms with van der Waals surface area (Å²) >= 11 is 0. The van der Waals surface area contributed by atoms with Gasteiger partial charge < -0.3 is 14.2 Å². The molecular weight excluding hydrogens is 423 g/mol. The van der Waals surface area contributed by atoms with Gasteiger partial charge in [-0.25, -0.2) is 0 Å². The van der Waals surface area contributed by atoms with Gasteiger partial charge in [0.1, 0.15) is 11.5 Å². The Morgan fingerprint density at radius 3 is 2.50 bits per heavy atom. The number of hydrogen-bond acceptors (Lipinski definition) is 3. The standard InChI is InChI=1S/C15H15NO3.Ta/c1-9-8-10(2)16-15(18)14(9)13(17)7-6-12-5-4-11(3)19-12;/h4-8H,1-3H3,(H,16,17,18);/p-1/b7-6+;. The van der Waals surface area contributed by atoms with Crippen molar-refractivity contribution in [3.8, 4) is 0 Å². The Morgan fingerprint density at radius 1 is 1.25 bits per heavy atom. The van der Waals surface area contributed by atoms with Crippen molar-refractivity contribution < 1.29 is 31.6 Å². The van der Waals surface area contributed by atoms with E-state index in [2.05, 4.69) is 4.98 Å². The summed E-state index contributed by atoms with van der Waals surface area (Å²) in [7, 11) is 0. The second-order valence-electron chi connectivity index (χ2n) is 4.41. The summed E-state index contributed by atoms with van der Waals surface area (Å²) in [6.07, 6.45) is 2.88. The molecule has 2 heterocycles. The Kier molecular flexibility index (Phi) is 5.51. The molecular formula is C15H14NO3Ta-. The van der Waals surface area contributed by atoms with Gasteiger partial charge in [-0.2, -0.15) is 5.69 Å². The van der Waals surface area contributed by atoms with Gasteiger partial charge in [0.2, 0.25) is 0 Å². The van der Waals surface area contributed by atoms with Crippen molar-refractivity contribution in [1.29, 1.82) is 0 Å². The zero-order chi connectivity index (χ0) is 14.0. The molecule has 0 aromatic carbocycles. The molecule has 0 saturated carbocycles. The molecule has 4 nitrogen and oxygen atoms in total. The topological polar surface area (TPSA) is 61.4 Å². The molecule has 0 aliphatic rings. The van der Waals surface area contributed by atoms with Crippen LogP contribution in [0.25, 0.3) is 6.08 Å². The second kappa shape index (κ2) is 6.70. The summed E-state index contributed by atoms with van der Waals surface area (Å²) in [5.74, 6) is 0.991. The molecule has 103 valence electrons. The molecule has 2 aromatic rings. The molecule has 5 heteroatoms. The molecule has 0 bridgehead atoms. The van der Waals surface area contributed by atoms with Crippen LogP contribution in [0.4, 0.5) is 0 Å². The molecule has 0 saturated heterocycles. The quantitative estimate of drug-likeness (QED) is 0.547. The van der Waals surface area contributed by atoms with E-state index < -0.39 is 5.56 Å². The second-order valence-corrected chi connectivity index (χ2v) is 4.41. The normalized spacial score (nSPS) is 10.6. The molecule has 0 fully saturated rings. The molecule has 0 aliphatic carbocycles. The van der Waals surface area contributed by atoms with Gasteiger partial charge in [0.25, 0.3) is 0 Å². The Bertz CT molecular complexity index is 710. The van der Waals surface area contributed by atoms with Gasteiger partial charge in [0.15, 0.2) is 5.78 Å². The van der Waals surface area contributed by atoms with Crippen molar-refractivity contribution in [2.45, 2.75) is 20.8 Å². The number of rotatable bonds is 3. The fraction of sp³-hybridized carbons (Fsp3) is 0.200. The van der Waals surface area contributed by atoms with Crippen molar-refractivity contribution in [3.63, 3.8) is 0 Å². The van der Waals surface area contributed by atoms with E-state index in [-0.39, 0.29) is 33.7 Å². The Hall–Kier alpha value is -1.62. The molecule has 0 unspecified atom stereocenters. The largest absolute Gasteiger partial charge is 0.626 e. The van der Waals surface area contributed by atoms with Crippen molar-refractivity contribution in [2.24, 2.45) is 0 Å². The monoisotopic (exact) mass is 437 g/mol. The predicted octanol–water partition coefficient (Wildman–Crippen LogP) is 2.42. The molecule has 2 aromatic heterocycles. The fourth-order valence-corrected chi connectivity index (χ4v) is 1.89. The zero-order valence-electron chi connectivity index (χ0n) is 11.5. The maximum atomic E-state index is 12.0. The number of allylic oxidation sites excluding steroid dienone is 1. The third-order valence-corrected chi connectivity index (χ3v) is 2.72. The van der Waals surface area contributed by atoms with Gasteiger partial charge in [-0.05, 0) is 43.7 Å². The van der Waals surface area contributed by atoms with Crippen LogP contribution in [0.15, 0.2) is 33.5 Å². The van der Waals surface area contributed by atoms with E-state index in [4.69, 9.17) is 4.42 Å². The average molecular weight is 437 g/mol. The van der Waals surface area contributed by atoms with E-state index >= 15 is 0 Å². The number of carbonyl (C=O) groups excluding carboxylic acids is 1. The number of nitrogens with zero attached hydrogens (tertiary/aromatic N) is 1. The predicted molar refractivity (Wildman–Crippen MR) is 72.3 cm³/mol. The van der Waals surface area contributed by atoms with Crippen LogP contribution in [-0.4, -0.2) is 5.78 Å². The molecule has 0 aliphatic heterocycles. The van der Waals surface area contributed by atoms with Crippen LogP contribution in [0.2, 0.25) is 0 Å². The number of pyridine rings is 1. The Morgan fingerprint density at radius 2 is 1.95 bits per heavy atom. The maximum absolute atomic E-state index is 12.0. The maximum Gasteiger partial charge on any atom is 0.188 e. The minimum Gasteiger partial charge on any atom is -0.626 e. The molecule has 0 N–H and O–H groups in total. The van der Waals surface area contributed by atoms with Crippen LogP contribution >= 0.6 is 0 Å². The van der Waals surface area contributed by atoms with Crippen molar-refractivity contribution >= 4 is 11.9 Å². The van der Waals surface area contributed by atoms with E-state index in [0.717, 1.165) is 5.76 Å². The molecule has 20 heavy (non-hydrogen) atoms. The first-order chi connectivity index (χ1) is 8.97. The first-order valence-electron chi connectivity index (χ1n) is 5.91. The van der Waals surface area contributed by atoms with Gasteiger partial charge in [0, 0.05) is 27.9 Å². The number of carbonyl (C=O) groups is 1. The van der Waals surface area contributed by atoms with E-state index in [0.29, 0.717) is 17.0 Å². The number of furan rings is 1. The van der Waals surface area contributed by atoms with Crippen molar-refractivity contribution in [2.75, 3.05) is 0 Å². The van der Waals surface area contributed by atoms with Gasteiger partial charge in [-0.3, -0.25) is 4.79 Å². The van der Waals surface area contributed by atoms with Crippen LogP contribution < -0.4 is 10.5 Å². The van der Waals surface area contributed by atoms with Crippen molar-refractivity contribution in [1.82, 2.24) is 4.98 Å². The summed E-state index contributed by atoms with van der Waals surface area (Å²) in [6.45, 7) is 5.28. The third-order valence-electron chi connectivity index (χ3n) is 2.72. The smallest absolute Gasteiger partial charge is 0.188 e. The van der Waals surface area contributed by atoms with E-state index in [1.54, 1.807) is 32.1 Å². The summed E-state index contributed by atoms with van der Waals surface area (Å²) in [6, 6.07) is 5.29. The Balaban J connectivity index is 0.00000200. The fourth-order valence-electron chi connectivity index (χ4n) is 1.89. The van der Waals surface area contributed by atoms with Gasteiger partial charge >= 0.3 is 0 Å². The van der Waals surface area contributed by atoms with Crippen LogP contribution in [0.5, 0.6) is 0 Å². The molecule has 1 radical (unpaired) electrons. The van der Waals surface area contributed by atoms with E-state index in [1.807, 2.05) is 13.0 Å². The first kappa shape index (κ1) is 16.4. The van der Waals surface area contributed by atoms with E-state index in [1.165, 1.54) is 6.08 Å². The number of ketones is 1. The SMILES string of the molecule is Cc1cc(C)c(C(=O)/C=C/c2ccc(C)o2)c(=O)[n-]1.[Ta]. The Labute approximate surface area is 132 Å². The number of aromatic nitrogens is 1. The summed E-state index contributed by atoms with van der Waals surface area (Å²) in [5.41, 5.74) is 0.889. The summed E-state index contributed by atoms with van der Waals surface area (Å²) in [4.78, 5) is 27.5. The average Bonchev–Trinajstić information content (AvgIpc) is 2.71. The molecule has 2 rings (SSSR count). The molecule has 0 spiro atoms. The number of aryl methyl sites for hydroxylation is 3. The third kappa shape index (κ3) is 3.70. The molecule has 0 amide bonds. The van der Waals surface area contributed by atoms with Crippen molar-refractivity contribution in [3.05, 3.63) is 63.0 Å². The number of hydrogen-bond donors (Lipinski definition) is 0. The molecule has 0 atom stereocenters. The first-order valence-corrected chi connectivity index (χ1v) is 5.91.